The zero-order chi connectivity index (χ0) is 7.40. The molecule has 1 aromatic carbocycles. The van der Waals surface area contributed by atoms with Crippen molar-refractivity contribution in [1.82, 2.24) is 0 Å². The molecule has 0 aliphatic carbocycles. The lowest BCUT2D eigenvalue weighted by Crippen LogP contribution is -1.80. The van der Waals surface area contributed by atoms with Gasteiger partial charge in [-0.05, 0) is 24.3 Å². The van der Waals surface area contributed by atoms with E-state index in [9.17, 15) is 4.79 Å². The lowest BCUT2D eigenvalue weighted by Gasteiger charge is -1.95. The van der Waals surface area contributed by atoms with Crippen LogP contribution >= 0.6 is 22.9 Å². The van der Waals surface area contributed by atoms with Gasteiger partial charge in [-0.2, -0.15) is 0 Å². The van der Waals surface area contributed by atoms with Crippen molar-refractivity contribution in [2.24, 2.45) is 0 Å². The molecule has 0 spiro atoms. The first-order valence-corrected chi connectivity index (χ1v) is 3.86. The van der Waals surface area contributed by atoms with Crippen molar-refractivity contribution < 1.29 is 4.79 Å². The SMILES string of the molecule is O=Cc1ccc(NI)cc1. The summed E-state index contributed by atoms with van der Waals surface area (Å²) in [7, 11) is 0. The van der Waals surface area contributed by atoms with Gasteiger partial charge < -0.3 is 3.53 Å². The van der Waals surface area contributed by atoms with Gasteiger partial charge in [0.05, 0.1) is 22.9 Å². The van der Waals surface area contributed by atoms with Crippen molar-refractivity contribution in [3.63, 3.8) is 0 Å². The van der Waals surface area contributed by atoms with Crippen LogP contribution in [0.4, 0.5) is 5.69 Å². The average molecular weight is 247 g/mol. The van der Waals surface area contributed by atoms with E-state index in [2.05, 4.69) is 3.53 Å². The molecule has 52 valence electrons. The van der Waals surface area contributed by atoms with Crippen LogP contribution in [0.3, 0.4) is 0 Å². The summed E-state index contributed by atoms with van der Waals surface area (Å²) in [6, 6.07) is 7.26. The summed E-state index contributed by atoms with van der Waals surface area (Å²) >= 11 is 2.04. The second-order valence-electron chi connectivity index (χ2n) is 1.83. The lowest BCUT2D eigenvalue weighted by molar-refractivity contribution is 0.112. The quantitative estimate of drug-likeness (QED) is 0.493. The number of carbonyl (C=O) groups is 1. The summed E-state index contributed by atoms with van der Waals surface area (Å²) in [6.45, 7) is 0. The van der Waals surface area contributed by atoms with Crippen LogP contribution in [0.15, 0.2) is 24.3 Å². The Morgan fingerprint density at radius 1 is 1.30 bits per heavy atom. The highest BCUT2D eigenvalue weighted by atomic mass is 127. The topological polar surface area (TPSA) is 29.1 Å². The number of benzene rings is 1. The van der Waals surface area contributed by atoms with Gasteiger partial charge in [0.15, 0.2) is 0 Å². The molecule has 1 rings (SSSR count). The van der Waals surface area contributed by atoms with E-state index >= 15 is 0 Å². The first-order chi connectivity index (χ1) is 4.86. The Balaban J connectivity index is 2.90. The molecule has 0 fully saturated rings. The Kier molecular flexibility index (Phi) is 2.68. The largest absolute Gasteiger partial charge is 0.328 e. The molecule has 3 heteroatoms. The highest BCUT2D eigenvalue weighted by molar-refractivity contribution is 14.1. The number of hydrogen-bond acceptors (Lipinski definition) is 2. The number of halogens is 1. The normalized spacial score (nSPS) is 8.90. The van der Waals surface area contributed by atoms with Gasteiger partial charge in [0.1, 0.15) is 6.29 Å². The van der Waals surface area contributed by atoms with Crippen molar-refractivity contribution >= 4 is 34.8 Å². The van der Waals surface area contributed by atoms with E-state index in [1.807, 2.05) is 35.0 Å². The minimum Gasteiger partial charge on any atom is -0.328 e. The molecular weight excluding hydrogens is 241 g/mol. The third-order valence-electron chi connectivity index (χ3n) is 1.16. The fourth-order valence-corrected chi connectivity index (χ4v) is 0.984. The molecule has 10 heavy (non-hydrogen) atoms. The minimum atomic E-state index is 0.704. The van der Waals surface area contributed by atoms with Crippen molar-refractivity contribution in [3.8, 4) is 0 Å². The second kappa shape index (κ2) is 3.55. The number of carbonyl (C=O) groups excluding carboxylic acids is 1. The number of hydrogen-bond donors (Lipinski definition) is 1. The highest BCUT2D eigenvalue weighted by Crippen LogP contribution is 2.09. The van der Waals surface area contributed by atoms with Gasteiger partial charge in [0, 0.05) is 11.3 Å². The van der Waals surface area contributed by atoms with Crippen molar-refractivity contribution in [3.05, 3.63) is 29.8 Å². The van der Waals surface area contributed by atoms with Crippen LogP contribution in [0.5, 0.6) is 0 Å². The zero-order valence-electron chi connectivity index (χ0n) is 5.17. The fraction of sp³-hybridized carbons (Fsp3) is 0. The maximum Gasteiger partial charge on any atom is 0.150 e. The summed E-state index contributed by atoms with van der Waals surface area (Å²) in [6.07, 6.45) is 0.830. The molecule has 0 saturated carbocycles. The van der Waals surface area contributed by atoms with Crippen molar-refractivity contribution in [1.29, 1.82) is 0 Å². The summed E-state index contributed by atoms with van der Waals surface area (Å²) in [4.78, 5) is 10.2. The Bertz CT molecular complexity index is 220. The van der Waals surface area contributed by atoms with Gasteiger partial charge in [0.25, 0.3) is 0 Å². The van der Waals surface area contributed by atoms with Gasteiger partial charge in [-0.1, -0.05) is 0 Å². The highest BCUT2D eigenvalue weighted by Gasteiger charge is 1.88. The molecule has 0 radical (unpaired) electrons. The van der Waals surface area contributed by atoms with E-state index in [4.69, 9.17) is 0 Å². The number of aldehydes is 1. The third-order valence-corrected chi connectivity index (χ3v) is 1.78. The van der Waals surface area contributed by atoms with Gasteiger partial charge >= 0.3 is 0 Å². The van der Waals surface area contributed by atoms with E-state index in [0.29, 0.717) is 5.56 Å². The lowest BCUT2D eigenvalue weighted by atomic mass is 10.2. The average Bonchev–Trinajstić information content (AvgIpc) is 2.05. The first kappa shape index (κ1) is 7.53. The van der Waals surface area contributed by atoms with Crippen LogP contribution in [0, 0.1) is 0 Å². The second-order valence-corrected chi connectivity index (χ2v) is 2.37. The van der Waals surface area contributed by atoms with E-state index < -0.39 is 0 Å². The Labute approximate surface area is 73.1 Å². The Hall–Kier alpha value is -0.580. The van der Waals surface area contributed by atoms with E-state index in [-0.39, 0.29) is 0 Å². The zero-order valence-corrected chi connectivity index (χ0v) is 7.33. The van der Waals surface area contributed by atoms with E-state index in [0.717, 1.165) is 12.0 Å². The smallest absolute Gasteiger partial charge is 0.150 e. The van der Waals surface area contributed by atoms with Crippen LogP contribution in [0.2, 0.25) is 0 Å². The summed E-state index contributed by atoms with van der Waals surface area (Å²) < 4.78 is 2.93. The Morgan fingerprint density at radius 3 is 2.30 bits per heavy atom. The maximum atomic E-state index is 10.2. The Morgan fingerprint density at radius 2 is 1.90 bits per heavy atom. The molecule has 1 aromatic rings. The summed E-state index contributed by atoms with van der Waals surface area (Å²) in [5, 5.41) is 0. The number of rotatable bonds is 2. The van der Waals surface area contributed by atoms with Crippen LogP contribution < -0.4 is 3.53 Å². The van der Waals surface area contributed by atoms with E-state index in [1.54, 1.807) is 12.1 Å². The van der Waals surface area contributed by atoms with Gasteiger partial charge in [-0.3, -0.25) is 4.79 Å². The fourth-order valence-electron chi connectivity index (χ4n) is 0.625. The summed E-state index contributed by atoms with van der Waals surface area (Å²) in [5.41, 5.74) is 1.71. The minimum absolute atomic E-state index is 0.704. The molecule has 0 aromatic heterocycles. The monoisotopic (exact) mass is 247 g/mol. The molecule has 0 atom stereocenters. The molecule has 0 bridgehead atoms. The predicted molar refractivity (Wildman–Crippen MR) is 49.5 cm³/mol. The van der Waals surface area contributed by atoms with Crippen molar-refractivity contribution in [2.45, 2.75) is 0 Å². The molecule has 0 aliphatic rings. The summed E-state index contributed by atoms with van der Waals surface area (Å²) in [5.74, 6) is 0. The first-order valence-electron chi connectivity index (χ1n) is 2.78. The van der Waals surface area contributed by atoms with Crippen molar-refractivity contribution in [2.75, 3.05) is 3.53 Å². The van der Waals surface area contributed by atoms with Gasteiger partial charge in [-0.15, -0.1) is 0 Å². The molecule has 1 N–H and O–H groups in total. The molecule has 0 amide bonds. The van der Waals surface area contributed by atoms with Crippen LogP contribution in [-0.4, -0.2) is 6.29 Å². The van der Waals surface area contributed by atoms with E-state index in [1.165, 1.54) is 0 Å². The van der Waals surface area contributed by atoms with Gasteiger partial charge in [-0.25, -0.2) is 0 Å². The molecule has 0 aliphatic heterocycles. The maximum absolute atomic E-state index is 10.2. The van der Waals surface area contributed by atoms with Crippen LogP contribution in [0.25, 0.3) is 0 Å². The van der Waals surface area contributed by atoms with Crippen LogP contribution in [0.1, 0.15) is 10.4 Å². The van der Waals surface area contributed by atoms with Crippen LogP contribution in [-0.2, 0) is 0 Å². The molecule has 2 nitrogen and oxygen atoms in total. The molecule has 0 saturated heterocycles. The third kappa shape index (κ3) is 1.70. The van der Waals surface area contributed by atoms with Gasteiger partial charge in [0.2, 0.25) is 0 Å². The number of anilines is 1. The predicted octanol–water partition coefficient (Wildman–Crippen LogP) is 2.26. The standard InChI is InChI=1S/C7H6INO/c8-9-7-3-1-6(5-10)2-4-7/h1-5,9H. The molecule has 0 heterocycles. The number of nitrogens with one attached hydrogen (secondary N) is 1. The molecular formula is C7H6INO. The molecule has 0 unspecified atom stereocenters.